The van der Waals surface area contributed by atoms with Crippen molar-refractivity contribution in [3.63, 3.8) is 0 Å². The van der Waals surface area contributed by atoms with Crippen molar-refractivity contribution in [1.82, 2.24) is 4.90 Å². The van der Waals surface area contributed by atoms with Crippen molar-refractivity contribution in [1.29, 1.82) is 0 Å². The fourth-order valence-corrected chi connectivity index (χ4v) is 3.77. The molecule has 1 N–H and O–H groups in total. The molecule has 1 saturated heterocycles. The molecule has 20 heavy (non-hydrogen) atoms. The summed E-state index contributed by atoms with van der Waals surface area (Å²) in [5.74, 6) is -0.221. The number of hydrogen-bond donors (Lipinski definition) is 1. The van der Waals surface area contributed by atoms with Gasteiger partial charge in [0, 0.05) is 19.1 Å². The highest BCUT2D eigenvalue weighted by molar-refractivity contribution is 5.71. The summed E-state index contributed by atoms with van der Waals surface area (Å²) in [5, 5.41) is 9.54. The van der Waals surface area contributed by atoms with Gasteiger partial charge in [0.05, 0.1) is 18.6 Å². The van der Waals surface area contributed by atoms with Gasteiger partial charge in [-0.05, 0) is 37.5 Å². The monoisotopic (exact) mass is 283 g/mol. The Morgan fingerprint density at radius 1 is 1.30 bits per heavy atom. The maximum atomic E-state index is 11.6. The quantitative estimate of drug-likeness (QED) is 0.846. The highest BCUT2D eigenvalue weighted by atomic mass is 16.5. The second-order valence-corrected chi connectivity index (χ2v) is 7.56. The lowest BCUT2D eigenvalue weighted by Gasteiger charge is -2.46. The SMILES string of the molecule is CC1CN(C2CC(C(C)(C)C)CCC2C(=O)O)CCO1. The first kappa shape index (κ1) is 15.8. The predicted octanol–water partition coefficient (Wildman–Crippen LogP) is 2.62. The summed E-state index contributed by atoms with van der Waals surface area (Å²) in [5.41, 5.74) is 0.264. The van der Waals surface area contributed by atoms with E-state index in [1.54, 1.807) is 0 Å². The minimum atomic E-state index is -0.624. The van der Waals surface area contributed by atoms with E-state index in [1.165, 1.54) is 0 Å². The van der Waals surface area contributed by atoms with E-state index < -0.39 is 5.97 Å². The molecule has 0 aromatic heterocycles. The average molecular weight is 283 g/mol. The van der Waals surface area contributed by atoms with E-state index in [4.69, 9.17) is 4.74 Å². The van der Waals surface area contributed by atoms with Crippen LogP contribution >= 0.6 is 0 Å². The molecular formula is C16H29NO3. The van der Waals surface area contributed by atoms with Crippen LogP contribution in [0.15, 0.2) is 0 Å². The zero-order chi connectivity index (χ0) is 14.9. The number of carboxylic acids is 1. The van der Waals surface area contributed by atoms with Gasteiger partial charge in [-0.2, -0.15) is 0 Å². The molecule has 0 spiro atoms. The van der Waals surface area contributed by atoms with Crippen molar-refractivity contribution in [3.05, 3.63) is 0 Å². The van der Waals surface area contributed by atoms with E-state index in [2.05, 4.69) is 32.6 Å². The molecule has 0 amide bonds. The highest BCUT2D eigenvalue weighted by Gasteiger charge is 2.42. The molecule has 0 aromatic carbocycles. The van der Waals surface area contributed by atoms with Crippen LogP contribution in [-0.4, -0.2) is 47.8 Å². The van der Waals surface area contributed by atoms with Crippen LogP contribution in [-0.2, 0) is 9.53 Å². The third kappa shape index (κ3) is 3.53. The molecule has 116 valence electrons. The third-order valence-corrected chi connectivity index (χ3v) is 5.10. The number of aliphatic carboxylic acids is 1. The van der Waals surface area contributed by atoms with Gasteiger partial charge in [0.2, 0.25) is 0 Å². The molecule has 1 aliphatic heterocycles. The summed E-state index contributed by atoms with van der Waals surface area (Å²) >= 11 is 0. The highest BCUT2D eigenvalue weighted by Crippen LogP contribution is 2.42. The van der Waals surface area contributed by atoms with E-state index in [0.29, 0.717) is 5.92 Å². The van der Waals surface area contributed by atoms with E-state index in [-0.39, 0.29) is 23.5 Å². The lowest BCUT2D eigenvalue weighted by atomic mass is 9.67. The number of rotatable bonds is 2. The Morgan fingerprint density at radius 2 is 2.00 bits per heavy atom. The number of nitrogens with zero attached hydrogens (tertiary/aromatic N) is 1. The molecule has 4 nitrogen and oxygen atoms in total. The summed E-state index contributed by atoms with van der Waals surface area (Å²) in [7, 11) is 0. The van der Waals surface area contributed by atoms with Crippen molar-refractivity contribution < 1.29 is 14.6 Å². The van der Waals surface area contributed by atoms with Crippen LogP contribution in [0.25, 0.3) is 0 Å². The molecule has 0 bridgehead atoms. The van der Waals surface area contributed by atoms with E-state index in [1.807, 2.05) is 0 Å². The van der Waals surface area contributed by atoms with Gasteiger partial charge in [-0.3, -0.25) is 9.69 Å². The molecule has 2 aliphatic rings. The molecule has 4 heteroatoms. The smallest absolute Gasteiger partial charge is 0.308 e. The molecule has 1 heterocycles. The molecule has 2 rings (SSSR count). The van der Waals surface area contributed by atoms with Gasteiger partial charge < -0.3 is 9.84 Å². The maximum absolute atomic E-state index is 11.6. The number of hydrogen-bond acceptors (Lipinski definition) is 3. The summed E-state index contributed by atoms with van der Waals surface area (Å²) in [6.45, 7) is 11.4. The minimum Gasteiger partial charge on any atom is -0.481 e. The number of carboxylic acid groups (broad SMARTS) is 1. The largest absolute Gasteiger partial charge is 0.481 e. The van der Waals surface area contributed by atoms with Gasteiger partial charge in [0.1, 0.15) is 0 Å². The summed E-state index contributed by atoms with van der Waals surface area (Å²) < 4.78 is 5.60. The van der Waals surface area contributed by atoms with Crippen molar-refractivity contribution in [2.45, 2.75) is 59.1 Å². The first-order chi connectivity index (χ1) is 9.29. The Kier molecular flexibility index (Phi) is 4.75. The second kappa shape index (κ2) is 6.02. The Bertz CT molecular complexity index is 350. The summed E-state index contributed by atoms with van der Waals surface area (Å²) in [6, 6.07) is 0.178. The topological polar surface area (TPSA) is 49.8 Å². The number of morpholine rings is 1. The second-order valence-electron chi connectivity index (χ2n) is 7.56. The van der Waals surface area contributed by atoms with Crippen LogP contribution in [0.5, 0.6) is 0 Å². The van der Waals surface area contributed by atoms with Gasteiger partial charge in [-0.15, -0.1) is 0 Å². The van der Waals surface area contributed by atoms with E-state index >= 15 is 0 Å². The standard InChI is InChI=1S/C16H29NO3/c1-11-10-17(7-8-20-11)14-9-12(16(2,3)4)5-6-13(14)15(18)19/h11-14H,5-10H2,1-4H3,(H,18,19). The minimum absolute atomic E-state index is 0.178. The molecule has 4 unspecified atom stereocenters. The van der Waals surface area contributed by atoms with Crippen LogP contribution in [0.4, 0.5) is 0 Å². The average Bonchev–Trinajstić information content (AvgIpc) is 2.37. The molecule has 0 aromatic rings. The zero-order valence-corrected chi connectivity index (χ0v) is 13.3. The Balaban J connectivity index is 2.12. The molecule has 1 aliphatic carbocycles. The molecule has 4 atom stereocenters. The number of carbonyl (C=O) groups is 1. The van der Waals surface area contributed by atoms with Crippen molar-refractivity contribution in [2.75, 3.05) is 19.7 Å². The Morgan fingerprint density at radius 3 is 2.55 bits per heavy atom. The fourth-order valence-electron chi connectivity index (χ4n) is 3.77. The maximum Gasteiger partial charge on any atom is 0.308 e. The predicted molar refractivity (Wildman–Crippen MR) is 78.7 cm³/mol. The van der Waals surface area contributed by atoms with E-state index in [0.717, 1.165) is 39.0 Å². The summed E-state index contributed by atoms with van der Waals surface area (Å²) in [6.07, 6.45) is 3.07. The first-order valence-electron chi connectivity index (χ1n) is 7.87. The van der Waals surface area contributed by atoms with Crippen LogP contribution in [0, 0.1) is 17.3 Å². The molecule has 1 saturated carbocycles. The van der Waals surface area contributed by atoms with Gasteiger partial charge in [0.15, 0.2) is 0 Å². The van der Waals surface area contributed by atoms with Gasteiger partial charge in [-0.1, -0.05) is 20.8 Å². The lowest BCUT2D eigenvalue weighted by Crippen LogP contribution is -2.54. The number of ether oxygens (including phenoxy) is 1. The fraction of sp³-hybridized carbons (Fsp3) is 0.938. The van der Waals surface area contributed by atoms with Crippen LogP contribution < -0.4 is 0 Å². The zero-order valence-electron chi connectivity index (χ0n) is 13.3. The van der Waals surface area contributed by atoms with Crippen molar-refractivity contribution in [3.8, 4) is 0 Å². The third-order valence-electron chi connectivity index (χ3n) is 5.10. The van der Waals surface area contributed by atoms with Gasteiger partial charge in [0.25, 0.3) is 0 Å². The van der Waals surface area contributed by atoms with Crippen LogP contribution in [0.1, 0.15) is 47.0 Å². The van der Waals surface area contributed by atoms with E-state index in [9.17, 15) is 9.90 Å². The van der Waals surface area contributed by atoms with Crippen molar-refractivity contribution in [2.24, 2.45) is 17.3 Å². The van der Waals surface area contributed by atoms with Gasteiger partial charge in [-0.25, -0.2) is 0 Å². The Labute approximate surface area is 122 Å². The van der Waals surface area contributed by atoms with Crippen molar-refractivity contribution >= 4 is 5.97 Å². The van der Waals surface area contributed by atoms with Crippen LogP contribution in [0.2, 0.25) is 0 Å². The lowest BCUT2D eigenvalue weighted by molar-refractivity contribution is -0.149. The van der Waals surface area contributed by atoms with Crippen LogP contribution in [0.3, 0.4) is 0 Å². The molecule has 0 radical (unpaired) electrons. The molecule has 2 fully saturated rings. The van der Waals surface area contributed by atoms with Gasteiger partial charge >= 0.3 is 5.97 Å². The Hall–Kier alpha value is -0.610. The first-order valence-corrected chi connectivity index (χ1v) is 7.87. The summed E-state index contributed by atoms with van der Waals surface area (Å²) in [4.78, 5) is 14.0. The molecular weight excluding hydrogens is 254 g/mol. The normalized spacial score (nSPS) is 36.8.